The van der Waals surface area contributed by atoms with Crippen LogP contribution in [0, 0.1) is 17.9 Å². The average molecular weight is 731 g/mol. The van der Waals surface area contributed by atoms with E-state index in [0.717, 1.165) is 65.5 Å². The summed E-state index contributed by atoms with van der Waals surface area (Å²) in [5, 5.41) is 27.0. The number of fused-ring (bicyclic) bond motifs is 8. The van der Waals surface area contributed by atoms with Gasteiger partial charge >= 0.3 is 0 Å². The van der Waals surface area contributed by atoms with Crippen LogP contribution in [0.15, 0.2) is 182 Å². The fourth-order valence-corrected chi connectivity index (χ4v) is 10.1. The number of benzene rings is 10. The lowest BCUT2D eigenvalue weighted by atomic mass is 9.82. The van der Waals surface area contributed by atoms with Gasteiger partial charge in [0.2, 0.25) is 0 Å². The fraction of sp³-hybridized carbons (Fsp3) is 0. The van der Waals surface area contributed by atoms with Crippen LogP contribution in [-0.2, 0) is 0 Å². The van der Waals surface area contributed by atoms with E-state index < -0.39 is 0 Å². The monoisotopic (exact) mass is 730 g/mol. The summed E-state index contributed by atoms with van der Waals surface area (Å²) in [4.78, 5) is 4.13. The van der Waals surface area contributed by atoms with Crippen LogP contribution in [0.1, 0.15) is 5.56 Å². The molecule has 0 N–H and O–H groups in total. The van der Waals surface area contributed by atoms with Crippen molar-refractivity contribution in [3.8, 4) is 50.6 Å². The van der Waals surface area contributed by atoms with Gasteiger partial charge in [-0.3, -0.25) is 0 Å². The van der Waals surface area contributed by atoms with Crippen molar-refractivity contribution in [2.45, 2.75) is 0 Å². The molecule has 12 aromatic rings. The minimum atomic E-state index is 0.614. The van der Waals surface area contributed by atoms with Crippen molar-refractivity contribution in [2.75, 3.05) is 0 Å². The van der Waals surface area contributed by atoms with Gasteiger partial charge in [-0.15, -0.1) is 0 Å². The molecule has 0 aliphatic heterocycles. The van der Waals surface area contributed by atoms with Crippen molar-refractivity contribution in [3.05, 3.63) is 199 Å². The predicted molar refractivity (Wildman–Crippen MR) is 244 cm³/mol. The van der Waals surface area contributed by atoms with Gasteiger partial charge < -0.3 is 0 Å². The molecule has 0 aromatic heterocycles. The highest BCUT2D eigenvalue weighted by atomic mass is 14.6. The Bertz CT molecular complexity index is 3750. The number of nitriles is 1. The molecule has 2 heteroatoms. The third kappa shape index (κ3) is 4.35. The lowest BCUT2D eigenvalue weighted by molar-refractivity contribution is 1.49. The second-order valence-electron chi connectivity index (χ2n) is 15.2. The number of hydrogen-bond acceptors (Lipinski definition) is 1. The lowest BCUT2D eigenvalue weighted by Crippen LogP contribution is -1.93. The maximum absolute atomic E-state index is 10.7. The van der Waals surface area contributed by atoms with Crippen molar-refractivity contribution in [2.24, 2.45) is 0 Å². The van der Waals surface area contributed by atoms with Gasteiger partial charge in [-0.2, -0.15) is 5.26 Å². The minimum Gasteiger partial charge on any atom is -0.238 e. The maximum atomic E-state index is 10.7. The Kier molecular flexibility index (Phi) is 6.80. The molecule has 0 aliphatic rings. The summed E-state index contributed by atoms with van der Waals surface area (Å²) in [6, 6.07) is 67.1. The standard InChI is InChI=1S/C56H30N2/c1-58-49-27-10-9-22-43(49)52-48-31-47-40-21-8-7-20-39(40)42-24-13-25-44(51(42)47)53(48)54(38-19-6-5-16-36(38)32-57)56-46-29-28-37(41-23-12-26-45(50(41)46)55(52)56)35-18-11-17-34(30-35)33-14-3-2-4-15-33/h2-31H. The summed E-state index contributed by atoms with van der Waals surface area (Å²) in [6.07, 6.45) is 0. The van der Waals surface area contributed by atoms with Gasteiger partial charge in [0.05, 0.1) is 18.2 Å². The second-order valence-corrected chi connectivity index (χ2v) is 15.2. The maximum Gasteiger partial charge on any atom is 0.194 e. The molecule has 0 amide bonds. The third-order valence-electron chi connectivity index (χ3n) is 12.4. The molecule has 0 heterocycles. The van der Waals surface area contributed by atoms with Crippen molar-refractivity contribution in [1.29, 1.82) is 5.26 Å². The number of hydrogen-bond donors (Lipinski definition) is 0. The Hall–Kier alpha value is -8.04. The first kappa shape index (κ1) is 32.2. The summed E-state index contributed by atoms with van der Waals surface area (Å²) in [5.74, 6) is 0. The van der Waals surface area contributed by atoms with Crippen molar-refractivity contribution < 1.29 is 0 Å². The molecular formula is C56H30N2. The zero-order chi connectivity index (χ0) is 38.5. The SMILES string of the molecule is [C-]#[N+]c1ccccc1-c1c2cc3c4ccccc4c4cccc(c2c(-c2ccccc2C#N)c2c5ccc(-c6cccc(-c7ccccc7)c6)c6cccc(c12)c65)c43. The van der Waals surface area contributed by atoms with Crippen LogP contribution in [0.3, 0.4) is 0 Å². The molecule has 0 saturated carbocycles. The van der Waals surface area contributed by atoms with E-state index in [1.54, 1.807) is 0 Å². The fourth-order valence-electron chi connectivity index (χ4n) is 10.1. The first-order valence-electron chi connectivity index (χ1n) is 19.6. The molecule has 0 saturated heterocycles. The topological polar surface area (TPSA) is 28.1 Å². The van der Waals surface area contributed by atoms with Crippen molar-refractivity contribution in [1.82, 2.24) is 0 Å². The molecule has 0 radical (unpaired) electrons. The molecule has 12 aromatic carbocycles. The second kappa shape index (κ2) is 12.2. The van der Waals surface area contributed by atoms with E-state index in [-0.39, 0.29) is 0 Å². The number of rotatable bonds is 4. The van der Waals surface area contributed by atoms with Crippen molar-refractivity contribution >= 4 is 81.1 Å². The highest BCUT2D eigenvalue weighted by Crippen LogP contribution is 2.56. The molecule has 264 valence electrons. The first-order valence-corrected chi connectivity index (χ1v) is 19.6. The summed E-state index contributed by atoms with van der Waals surface area (Å²) in [7, 11) is 0. The summed E-state index contributed by atoms with van der Waals surface area (Å²) in [6.45, 7) is 8.42. The van der Waals surface area contributed by atoms with E-state index in [1.165, 1.54) is 54.4 Å². The first-order chi connectivity index (χ1) is 28.7. The molecule has 0 unspecified atom stereocenters. The van der Waals surface area contributed by atoms with Gasteiger partial charge in [-0.25, -0.2) is 4.85 Å². The molecule has 0 spiro atoms. The molecule has 12 rings (SSSR count). The Labute approximate surface area is 334 Å². The van der Waals surface area contributed by atoms with Gasteiger partial charge in [0.25, 0.3) is 0 Å². The molecule has 58 heavy (non-hydrogen) atoms. The molecule has 0 fully saturated rings. The van der Waals surface area contributed by atoms with Crippen LogP contribution in [0.5, 0.6) is 0 Å². The zero-order valence-corrected chi connectivity index (χ0v) is 31.2. The summed E-state index contributed by atoms with van der Waals surface area (Å²) in [5.41, 5.74) is 9.86. The van der Waals surface area contributed by atoms with Gasteiger partial charge in [-0.05, 0) is 133 Å². The van der Waals surface area contributed by atoms with Crippen LogP contribution in [0.4, 0.5) is 5.69 Å². The van der Waals surface area contributed by atoms with Crippen LogP contribution in [0.25, 0.3) is 125 Å². The Morgan fingerprint density at radius 1 is 0.345 bits per heavy atom. The van der Waals surface area contributed by atoms with Gasteiger partial charge in [-0.1, -0.05) is 164 Å². The number of para-hydroxylation sites is 1. The largest absolute Gasteiger partial charge is 0.238 e. The Morgan fingerprint density at radius 2 is 0.914 bits per heavy atom. The molecule has 0 bridgehead atoms. The normalized spacial score (nSPS) is 11.8. The van der Waals surface area contributed by atoms with E-state index in [9.17, 15) is 5.26 Å². The van der Waals surface area contributed by atoms with Gasteiger partial charge in [0.1, 0.15) is 0 Å². The van der Waals surface area contributed by atoms with Crippen LogP contribution < -0.4 is 0 Å². The third-order valence-corrected chi connectivity index (χ3v) is 12.4. The molecular weight excluding hydrogens is 701 g/mol. The molecule has 0 atom stereocenters. The quantitative estimate of drug-likeness (QED) is 0.131. The smallest absolute Gasteiger partial charge is 0.194 e. The van der Waals surface area contributed by atoms with Gasteiger partial charge in [0.15, 0.2) is 5.69 Å². The predicted octanol–water partition coefficient (Wildman–Crippen LogP) is 15.7. The van der Waals surface area contributed by atoms with Crippen LogP contribution in [0.2, 0.25) is 0 Å². The van der Waals surface area contributed by atoms with E-state index in [2.05, 4.69) is 163 Å². The van der Waals surface area contributed by atoms with E-state index in [4.69, 9.17) is 6.57 Å². The van der Waals surface area contributed by atoms with Crippen LogP contribution in [-0.4, -0.2) is 0 Å². The highest BCUT2D eigenvalue weighted by Gasteiger charge is 2.28. The van der Waals surface area contributed by atoms with Crippen molar-refractivity contribution in [3.63, 3.8) is 0 Å². The summed E-state index contributed by atoms with van der Waals surface area (Å²) < 4.78 is 0. The average Bonchev–Trinajstić information content (AvgIpc) is 3.80. The number of nitrogens with zero attached hydrogens (tertiary/aromatic N) is 2. The Morgan fingerprint density at radius 3 is 1.72 bits per heavy atom. The molecule has 0 aliphatic carbocycles. The Balaban J connectivity index is 1.34. The minimum absolute atomic E-state index is 0.614. The highest BCUT2D eigenvalue weighted by molar-refractivity contribution is 6.45. The van der Waals surface area contributed by atoms with E-state index in [1.807, 2.05) is 30.3 Å². The van der Waals surface area contributed by atoms with Crippen LogP contribution >= 0.6 is 0 Å². The lowest BCUT2D eigenvalue weighted by Gasteiger charge is -2.20. The summed E-state index contributed by atoms with van der Waals surface area (Å²) >= 11 is 0. The van der Waals surface area contributed by atoms with E-state index >= 15 is 0 Å². The van der Waals surface area contributed by atoms with Gasteiger partial charge in [0, 0.05) is 5.56 Å². The zero-order valence-electron chi connectivity index (χ0n) is 31.2. The van der Waals surface area contributed by atoms with E-state index in [0.29, 0.717) is 11.3 Å². The molecule has 2 nitrogen and oxygen atoms in total.